The number of aromatic nitrogens is 1. The quantitative estimate of drug-likeness (QED) is 0.445. The number of nitrogens with zero attached hydrogens (tertiary/aromatic N) is 3. The average Bonchev–Trinajstić information content (AvgIpc) is 3.16. The highest BCUT2D eigenvalue weighted by Crippen LogP contribution is 2.20. The van der Waals surface area contributed by atoms with Gasteiger partial charge in [0.15, 0.2) is 17.6 Å². The Hall–Kier alpha value is -2.83. The van der Waals surface area contributed by atoms with E-state index in [9.17, 15) is 4.39 Å². The van der Waals surface area contributed by atoms with E-state index in [2.05, 4.69) is 20.6 Å². The van der Waals surface area contributed by atoms with E-state index in [1.807, 2.05) is 35.2 Å². The first-order valence-electron chi connectivity index (χ1n) is 9.27. The van der Waals surface area contributed by atoms with E-state index in [1.165, 1.54) is 6.07 Å². The van der Waals surface area contributed by atoms with Gasteiger partial charge in [-0.05, 0) is 37.1 Å². The first-order chi connectivity index (χ1) is 13.3. The van der Waals surface area contributed by atoms with Gasteiger partial charge in [-0.25, -0.2) is 9.37 Å². The van der Waals surface area contributed by atoms with Gasteiger partial charge in [0.2, 0.25) is 0 Å². The fraction of sp³-hybridized carbons (Fsp3) is 0.400. The van der Waals surface area contributed by atoms with Gasteiger partial charge in [-0.3, -0.25) is 4.99 Å². The molecule has 0 spiro atoms. The third-order valence-electron chi connectivity index (χ3n) is 4.42. The van der Waals surface area contributed by atoms with Crippen LogP contribution in [0.3, 0.4) is 0 Å². The molecule has 2 N–H and O–H groups in total. The number of rotatable bonds is 7. The van der Waals surface area contributed by atoms with Gasteiger partial charge in [-0.1, -0.05) is 18.2 Å². The molecule has 2 heterocycles. The average molecular weight is 371 g/mol. The standard InChI is InChI=1S/C20H26FN5O/c1-22-20(24-12-6-14-27-17-7-3-2-4-8-17)25-16-10-13-26(15-16)19-18(21)9-5-11-23-19/h2-5,7-9,11,16H,6,10,12-15H2,1H3,(H2,22,24,25). The topological polar surface area (TPSA) is 61.8 Å². The third-order valence-corrected chi connectivity index (χ3v) is 4.42. The van der Waals surface area contributed by atoms with Crippen LogP contribution in [0.4, 0.5) is 10.2 Å². The number of pyridine rings is 1. The van der Waals surface area contributed by atoms with Gasteiger partial charge in [0, 0.05) is 38.9 Å². The van der Waals surface area contributed by atoms with Crippen LogP contribution in [0.1, 0.15) is 12.8 Å². The molecule has 0 saturated carbocycles. The van der Waals surface area contributed by atoms with E-state index < -0.39 is 0 Å². The van der Waals surface area contributed by atoms with Crippen molar-refractivity contribution in [2.45, 2.75) is 18.9 Å². The molecule has 0 bridgehead atoms. The van der Waals surface area contributed by atoms with Gasteiger partial charge in [-0.2, -0.15) is 0 Å². The minimum absolute atomic E-state index is 0.207. The lowest BCUT2D eigenvalue weighted by Gasteiger charge is -2.20. The number of nitrogens with one attached hydrogen (secondary N) is 2. The van der Waals surface area contributed by atoms with Gasteiger partial charge in [0.05, 0.1) is 6.61 Å². The minimum Gasteiger partial charge on any atom is -0.494 e. The molecule has 1 unspecified atom stereocenters. The molecule has 1 aliphatic heterocycles. The van der Waals surface area contributed by atoms with Crippen molar-refractivity contribution < 1.29 is 9.13 Å². The van der Waals surface area contributed by atoms with Gasteiger partial charge in [0.25, 0.3) is 0 Å². The fourth-order valence-corrected chi connectivity index (χ4v) is 3.05. The first kappa shape index (κ1) is 18.9. The zero-order chi connectivity index (χ0) is 18.9. The first-order valence-corrected chi connectivity index (χ1v) is 9.27. The number of para-hydroxylation sites is 1. The van der Waals surface area contributed by atoms with Crippen LogP contribution in [0.15, 0.2) is 53.7 Å². The number of anilines is 1. The predicted molar refractivity (Wildman–Crippen MR) is 106 cm³/mol. The molecule has 1 aromatic heterocycles. The third kappa shape index (κ3) is 5.57. The van der Waals surface area contributed by atoms with Crippen molar-refractivity contribution in [3.05, 3.63) is 54.5 Å². The van der Waals surface area contributed by atoms with Gasteiger partial charge >= 0.3 is 0 Å². The Bertz CT molecular complexity index is 740. The number of hydrogen-bond acceptors (Lipinski definition) is 4. The molecule has 0 amide bonds. The van der Waals surface area contributed by atoms with Crippen LogP contribution in [0.5, 0.6) is 5.75 Å². The SMILES string of the molecule is CN=C(NCCCOc1ccccc1)NC1CCN(c2ncccc2F)C1. The highest BCUT2D eigenvalue weighted by atomic mass is 19.1. The molecule has 144 valence electrons. The van der Waals surface area contributed by atoms with Crippen molar-refractivity contribution in [1.82, 2.24) is 15.6 Å². The molecule has 0 radical (unpaired) electrons. The molecular weight excluding hydrogens is 345 g/mol. The summed E-state index contributed by atoms with van der Waals surface area (Å²) in [5.41, 5.74) is 0. The zero-order valence-electron chi connectivity index (χ0n) is 15.6. The van der Waals surface area contributed by atoms with Crippen molar-refractivity contribution in [3.63, 3.8) is 0 Å². The number of ether oxygens (including phenoxy) is 1. The van der Waals surface area contributed by atoms with Crippen molar-refractivity contribution in [3.8, 4) is 5.75 Å². The summed E-state index contributed by atoms with van der Waals surface area (Å²) in [4.78, 5) is 10.4. The van der Waals surface area contributed by atoms with Crippen molar-refractivity contribution >= 4 is 11.8 Å². The Balaban J connectivity index is 1.37. The van der Waals surface area contributed by atoms with Crippen molar-refractivity contribution in [2.75, 3.05) is 38.2 Å². The Morgan fingerprint density at radius 3 is 2.93 bits per heavy atom. The van der Waals surface area contributed by atoms with E-state index in [-0.39, 0.29) is 11.9 Å². The fourth-order valence-electron chi connectivity index (χ4n) is 3.05. The molecule has 27 heavy (non-hydrogen) atoms. The largest absolute Gasteiger partial charge is 0.494 e. The summed E-state index contributed by atoms with van der Waals surface area (Å²) in [6.07, 6.45) is 3.40. The van der Waals surface area contributed by atoms with Crippen LogP contribution >= 0.6 is 0 Å². The van der Waals surface area contributed by atoms with Crippen molar-refractivity contribution in [2.24, 2.45) is 4.99 Å². The second-order valence-corrected chi connectivity index (χ2v) is 6.40. The number of aliphatic imine (C=N–C) groups is 1. The molecule has 2 aromatic rings. The van der Waals surface area contributed by atoms with E-state index in [1.54, 1.807) is 19.3 Å². The maximum Gasteiger partial charge on any atom is 0.191 e. The molecule has 6 nitrogen and oxygen atoms in total. The number of benzene rings is 1. The molecular formula is C20H26FN5O. The Morgan fingerprint density at radius 1 is 1.30 bits per heavy atom. The summed E-state index contributed by atoms with van der Waals surface area (Å²) in [6, 6.07) is 13.0. The van der Waals surface area contributed by atoms with Crippen LogP contribution < -0.4 is 20.3 Å². The number of guanidine groups is 1. The van der Waals surface area contributed by atoms with E-state index in [0.29, 0.717) is 19.0 Å². The summed E-state index contributed by atoms with van der Waals surface area (Å²) in [6.45, 7) is 2.88. The molecule has 3 rings (SSSR count). The lowest BCUT2D eigenvalue weighted by atomic mass is 10.3. The highest BCUT2D eigenvalue weighted by Gasteiger charge is 2.25. The monoisotopic (exact) mass is 371 g/mol. The second-order valence-electron chi connectivity index (χ2n) is 6.40. The normalized spacial score (nSPS) is 17.0. The number of hydrogen-bond donors (Lipinski definition) is 2. The second kappa shape index (κ2) is 9.75. The summed E-state index contributed by atoms with van der Waals surface area (Å²) >= 11 is 0. The minimum atomic E-state index is -0.279. The molecule has 1 atom stereocenters. The van der Waals surface area contributed by atoms with E-state index in [0.717, 1.165) is 37.6 Å². The Morgan fingerprint density at radius 2 is 2.15 bits per heavy atom. The van der Waals surface area contributed by atoms with Crippen LogP contribution in [-0.4, -0.2) is 50.3 Å². The van der Waals surface area contributed by atoms with Crippen molar-refractivity contribution in [1.29, 1.82) is 0 Å². The zero-order valence-corrected chi connectivity index (χ0v) is 15.6. The molecule has 1 fully saturated rings. The van der Waals surface area contributed by atoms with Gasteiger partial charge in [0.1, 0.15) is 5.75 Å². The molecule has 0 aliphatic carbocycles. The van der Waals surface area contributed by atoms with Crippen LogP contribution in [0.2, 0.25) is 0 Å². The van der Waals surface area contributed by atoms with Gasteiger partial charge < -0.3 is 20.3 Å². The van der Waals surface area contributed by atoms with E-state index >= 15 is 0 Å². The molecule has 7 heteroatoms. The molecule has 1 aliphatic rings. The lowest BCUT2D eigenvalue weighted by Crippen LogP contribution is -2.45. The Kier molecular flexibility index (Phi) is 6.84. The van der Waals surface area contributed by atoms with Crippen LogP contribution in [0.25, 0.3) is 0 Å². The maximum absolute atomic E-state index is 13.9. The maximum atomic E-state index is 13.9. The molecule has 1 aromatic carbocycles. The Labute approximate surface area is 159 Å². The summed E-state index contributed by atoms with van der Waals surface area (Å²) in [7, 11) is 1.75. The lowest BCUT2D eigenvalue weighted by molar-refractivity contribution is 0.311. The number of halogens is 1. The van der Waals surface area contributed by atoms with E-state index in [4.69, 9.17) is 4.74 Å². The smallest absolute Gasteiger partial charge is 0.191 e. The van der Waals surface area contributed by atoms with Crippen LogP contribution in [0, 0.1) is 5.82 Å². The summed E-state index contributed by atoms with van der Waals surface area (Å²) in [5.74, 6) is 1.78. The highest BCUT2D eigenvalue weighted by molar-refractivity contribution is 5.80. The molecule has 1 saturated heterocycles. The predicted octanol–water partition coefficient (Wildman–Crippen LogP) is 2.43. The summed E-state index contributed by atoms with van der Waals surface area (Å²) < 4.78 is 19.6. The van der Waals surface area contributed by atoms with Crippen LogP contribution in [-0.2, 0) is 0 Å². The summed E-state index contributed by atoms with van der Waals surface area (Å²) in [5, 5.41) is 6.70. The van der Waals surface area contributed by atoms with Gasteiger partial charge in [-0.15, -0.1) is 0 Å².